The van der Waals surface area contributed by atoms with Gasteiger partial charge < -0.3 is 15.3 Å². The van der Waals surface area contributed by atoms with E-state index in [1.807, 2.05) is 4.90 Å². The van der Waals surface area contributed by atoms with Crippen LogP contribution in [-0.4, -0.2) is 34.3 Å². The fourth-order valence-corrected chi connectivity index (χ4v) is 3.16. The fourth-order valence-electron chi connectivity index (χ4n) is 2.28. The molecule has 0 aromatic heterocycles. The summed E-state index contributed by atoms with van der Waals surface area (Å²) < 4.78 is 0. The standard InChI is InChI=1S/C13H16Cl2N2OS/c14-9-5-10(15)7-11(6-9)16-13(19)17-4-2-1-3-12(17)8-18/h5-7,12,18H,1-4,8H2,(H,16,19). The Kier molecular flexibility index (Phi) is 5.28. The Bertz CT molecular complexity index is 450. The number of halogens is 2. The largest absolute Gasteiger partial charge is 0.394 e. The number of anilines is 1. The third-order valence-electron chi connectivity index (χ3n) is 3.21. The third-order valence-corrected chi connectivity index (χ3v) is 3.99. The first-order valence-corrected chi connectivity index (χ1v) is 7.41. The number of aliphatic hydroxyl groups is 1. The van der Waals surface area contributed by atoms with Gasteiger partial charge in [0.05, 0.1) is 12.6 Å². The number of hydrogen-bond donors (Lipinski definition) is 2. The van der Waals surface area contributed by atoms with Crippen LogP contribution in [0.25, 0.3) is 0 Å². The van der Waals surface area contributed by atoms with E-state index in [0.29, 0.717) is 15.2 Å². The molecule has 0 spiro atoms. The van der Waals surface area contributed by atoms with Gasteiger partial charge in [-0.05, 0) is 49.7 Å². The Morgan fingerprint density at radius 1 is 1.32 bits per heavy atom. The summed E-state index contributed by atoms with van der Waals surface area (Å²) in [5, 5.41) is 14.3. The molecule has 1 aliphatic heterocycles. The minimum absolute atomic E-state index is 0.100. The van der Waals surface area contributed by atoms with E-state index >= 15 is 0 Å². The summed E-state index contributed by atoms with van der Waals surface area (Å²) in [7, 11) is 0. The normalized spacial score (nSPS) is 19.3. The van der Waals surface area contributed by atoms with E-state index in [0.717, 1.165) is 31.5 Å². The highest BCUT2D eigenvalue weighted by atomic mass is 35.5. The molecule has 6 heteroatoms. The number of benzene rings is 1. The first-order chi connectivity index (χ1) is 9.10. The van der Waals surface area contributed by atoms with Crippen molar-refractivity contribution in [3.8, 4) is 0 Å². The van der Waals surface area contributed by atoms with E-state index in [1.54, 1.807) is 18.2 Å². The van der Waals surface area contributed by atoms with E-state index in [2.05, 4.69) is 5.32 Å². The molecular weight excluding hydrogens is 303 g/mol. The molecule has 0 saturated carbocycles. The topological polar surface area (TPSA) is 35.5 Å². The van der Waals surface area contributed by atoms with Crippen LogP contribution in [-0.2, 0) is 0 Å². The SMILES string of the molecule is OCC1CCCCN1C(=S)Nc1cc(Cl)cc(Cl)c1. The van der Waals surface area contributed by atoms with Crippen LogP contribution in [0.4, 0.5) is 5.69 Å². The van der Waals surface area contributed by atoms with Crippen LogP contribution in [0, 0.1) is 0 Å². The van der Waals surface area contributed by atoms with Crippen molar-refractivity contribution in [2.75, 3.05) is 18.5 Å². The van der Waals surface area contributed by atoms with Crippen LogP contribution >= 0.6 is 35.4 Å². The highest BCUT2D eigenvalue weighted by Crippen LogP contribution is 2.24. The second kappa shape index (κ2) is 6.75. The Balaban J connectivity index is 2.07. The fraction of sp³-hybridized carbons (Fsp3) is 0.462. The summed E-state index contributed by atoms with van der Waals surface area (Å²) in [6, 6.07) is 5.33. The van der Waals surface area contributed by atoms with Crippen LogP contribution in [0.1, 0.15) is 19.3 Å². The number of rotatable bonds is 2. The lowest BCUT2D eigenvalue weighted by Gasteiger charge is -2.36. The zero-order valence-electron chi connectivity index (χ0n) is 10.4. The summed E-state index contributed by atoms with van der Waals surface area (Å²) in [5.74, 6) is 0. The van der Waals surface area contributed by atoms with Crippen LogP contribution < -0.4 is 5.32 Å². The lowest BCUT2D eigenvalue weighted by Crippen LogP contribution is -2.47. The molecule has 0 aliphatic carbocycles. The second-order valence-corrected chi connectivity index (χ2v) is 5.87. The van der Waals surface area contributed by atoms with E-state index in [1.165, 1.54) is 0 Å². The minimum Gasteiger partial charge on any atom is -0.394 e. The average Bonchev–Trinajstić information content (AvgIpc) is 2.37. The Morgan fingerprint density at radius 2 is 2.00 bits per heavy atom. The van der Waals surface area contributed by atoms with E-state index in [-0.39, 0.29) is 12.6 Å². The molecule has 3 nitrogen and oxygen atoms in total. The minimum atomic E-state index is 0.100. The number of hydrogen-bond acceptors (Lipinski definition) is 2. The molecule has 1 fully saturated rings. The van der Waals surface area contributed by atoms with Crippen molar-refractivity contribution in [2.45, 2.75) is 25.3 Å². The first kappa shape index (κ1) is 14.9. The first-order valence-electron chi connectivity index (χ1n) is 6.24. The van der Waals surface area contributed by atoms with Crippen molar-refractivity contribution in [3.63, 3.8) is 0 Å². The van der Waals surface area contributed by atoms with Crippen LogP contribution in [0.2, 0.25) is 10.0 Å². The predicted octanol–water partition coefficient (Wildman–Crippen LogP) is 3.54. The van der Waals surface area contributed by atoms with E-state index < -0.39 is 0 Å². The van der Waals surface area contributed by atoms with E-state index in [9.17, 15) is 5.11 Å². The van der Waals surface area contributed by atoms with Gasteiger partial charge in [-0.25, -0.2) is 0 Å². The Morgan fingerprint density at radius 3 is 2.63 bits per heavy atom. The molecular formula is C13H16Cl2N2OS. The van der Waals surface area contributed by atoms with Gasteiger partial charge in [-0.3, -0.25) is 0 Å². The summed E-state index contributed by atoms with van der Waals surface area (Å²) in [6.07, 6.45) is 3.19. The molecule has 1 saturated heterocycles. The summed E-state index contributed by atoms with van der Waals surface area (Å²) in [5.41, 5.74) is 0.768. The molecule has 0 radical (unpaired) electrons. The number of likely N-dealkylation sites (tertiary alicyclic amines) is 1. The number of nitrogens with zero attached hydrogens (tertiary/aromatic N) is 1. The van der Waals surface area contributed by atoms with Crippen LogP contribution in [0.3, 0.4) is 0 Å². The summed E-state index contributed by atoms with van der Waals surface area (Å²) in [6.45, 7) is 0.990. The average molecular weight is 319 g/mol. The molecule has 1 unspecified atom stereocenters. The molecule has 1 aromatic carbocycles. The van der Waals surface area contributed by atoms with Gasteiger partial charge in [0, 0.05) is 22.3 Å². The zero-order chi connectivity index (χ0) is 13.8. The van der Waals surface area contributed by atoms with Crippen molar-refractivity contribution in [1.82, 2.24) is 4.90 Å². The molecule has 0 bridgehead atoms. The maximum absolute atomic E-state index is 9.39. The van der Waals surface area contributed by atoms with Crippen molar-refractivity contribution in [1.29, 1.82) is 0 Å². The van der Waals surface area contributed by atoms with Gasteiger partial charge in [0.1, 0.15) is 0 Å². The van der Waals surface area contributed by atoms with Crippen molar-refractivity contribution < 1.29 is 5.11 Å². The number of piperidine rings is 1. The summed E-state index contributed by atoms with van der Waals surface area (Å²) in [4.78, 5) is 2.04. The van der Waals surface area contributed by atoms with Gasteiger partial charge in [-0.15, -0.1) is 0 Å². The highest BCUT2D eigenvalue weighted by molar-refractivity contribution is 7.80. The molecule has 1 aromatic rings. The van der Waals surface area contributed by atoms with E-state index in [4.69, 9.17) is 35.4 Å². The monoisotopic (exact) mass is 318 g/mol. The molecule has 1 heterocycles. The second-order valence-electron chi connectivity index (χ2n) is 4.61. The van der Waals surface area contributed by atoms with Crippen molar-refractivity contribution >= 4 is 46.2 Å². The predicted molar refractivity (Wildman–Crippen MR) is 84.1 cm³/mol. The molecule has 2 rings (SSSR count). The van der Waals surface area contributed by atoms with Gasteiger partial charge in [-0.1, -0.05) is 23.2 Å². The number of aliphatic hydroxyl groups excluding tert-OH is 1. The lowest BCUT2D eigenvalue weighted by atomic mass is 10.0. The molecule has 19 heavy (non-hydrogen) atoms. The van der Waals surface area contributed by atoms with Crippen LogP contribution in [0.15, 0.2) is 18.2 Å². The molecule has 0 amide bonds. The van der Waals surface area contributed by atoms with Gasteiger partial charge in [0.2, 0.25) is 0 Å². The molecule has 104 valence electrons. The zero-order valence-corrected chi connectivity index (χ0v) is 12.7. The molecule has 2 N–H and O–H groups in total. The lowest BCUT2D eigenvalue weighted by molar-refractivity contribution is 0.149. The Labute approximate surface area is 128 Å². The molecule has 1 aliphatic rings. The van der Waals surface area contributed by atoms with Gasteiger partial charge in [0.15, 0.2) is 5.11 Å². The van der Waals surface area contributed by atoms with Crippen LogP contribution in [0.5, 0.6) is 0 Å². The Hall–Kier alpha value is -0.550. The maximum atomic E-state index is 9.39. The van der Waals surface area contributed by atoms with Gasteiger partial charge in [0.25, 0.3) is 0 Å². The van der Waals surface area contributed by atoms with Crippen molar-refractivity contribution in [3.05, 3.63) is 28.2 Å². The quantitative estimate of drug-likeness (QED) is 0.818. The van der Waals surface area contributed by atoms with Crippen molar-refractivity contribution in [2.24, 2.45) is 0 Å². The van der Waals surface area contributed by atoms with Gasteiger partial charge in [-0.2, -0.15) is 0 Å². The molecule has 1 atom stereocenters. The number of nitrogens with one attached hydrogen (secondary N) is 1. The van der Waals surface area contributed by atoms with Gasteiger partial charge >= 0.3 is 0 Å². The smallest absolute Gasteiger partial charge is 0.173 e. The number of thiocarbonyl (C=S) groups is 1. The highest BCUT2D eigenvalue weighted by Gasteiger charge is 2.23. The maximum Gasteiger partial charge on any atom is 0.173 e. The third kappa shape index (κ3) is 3.96. The summed E-state index contributed by atoms with van der Waals surface area (Å²) >= 11 is 17.3.